The number of aliphatic hydroxyl groups excluding tert-OH is 1. The maximum Gasteiger partial charge on any atom is 0.472 e. The molecule has 0 bridgehead atoms. The first-order valence-electron chi connectivity index (χ1n) is 36.1. The Morgan fingerprint density at radius 2 is 0.628 bits per heavy atom. The van der Waals surface area contributed by atoms with Gasteiger partial charge in [-0.15, -0.1) is 0 Å². The van der Waals surface area contributed by atoms with Gasteiger partial charge in [0.15, 0.2) is 12.2 Å². The molecule has 0 fully saturated rings. The van der Waals surface area contributed by atoms with Crippen molar-refractivity contribution >= 4 is 39.5 Å². The Kier molecular flexibility index (Phi) is 64.2. The lowest BCUT2D eigenvalue weighted by atomic mass is 10.1. The van der Waals surface area contributed by atoms with Gasteiger partial charge in [-0.25, -0.2) is 9.13 Å². The number of aliphatic hydroxyl groups is 1. The van der Waals surface area contributed by atoms with Crippen molar-refractivity contribution in [2.24, 2.45) is 0 Å². The van der Waals surface area contributed by atoms with Crippen LogP contribution in [0.5, 0.6) is 0 Å². The minimum absolute atomic E-state index is 0.0575. The second-order valence-corrected chi connectivity index (χ2v) is 26.7. The van der Waals surface area contributed by atoms with Crippen LogP contribution in [-0.4, -0.2) is 96.7 Å². The summed E-state index contributed by atoms with van der Waals surface area (Å²) in [5.74, 6) is -2.36. The van der Waals surface area contributed by atoms with E-state index in [4.69, 9.17) is 37.0 Å². The summed E-state index contributed by atoms with van der Waals surface area (Å²) in [5.41, 5.74) is 0. The lowest BCUT2D eigenvalue weighted by Crippen LogP contribution is -2.30. The van der Waals surface area contributed by atoms with E-state index in [1.165, 1.54) is 51.4 Å². The number of phosphoric acid groups is 2. The molecule has 0 rings (SSSR count). The van der Waals surface area contributed by atoms with Crippen molar-refractivity contribution in [3.63, 3.8) is 0 Å². The highest BCUT2D eigenvalue weighted by Gasteiger charge is 2.30. The average molecular weight is 1360 g/mol. The predicted octanol–water partition coefficient (Wildman–Crippen LogP) is 20.2. The molecule has 0 amide bonds. The van der Waals surface area contributed by atoms with Crippen LogP contribution in [0.2, 0.25) is 0 Å². The van der Waals surface area contributed by atoms with Crippen LogP contribution >= 0.6 is 15.6 Å². The fourth-order valence-electron chi connectivity index (χ4n) is 9.19. The van der Waals surface area contributed by atoms with E-state index in [-0.39, 0.29) is 25.7 Å². The number of carbonyl (C=O) groups excluding carboxylic acids is 4. The molecule has 94 heavy (non-hydrogen) atoms. The molecule has 0 saturated carbocycles. The second kappa shape index (κ2) is 67.3. The Bertz CT molecular complexity index is 2220. The average Bonchev–Trinajstić information content (AvgIpc) is 1.55. The van der Waals surface area contributed by atoms with Crippen LogP contribution in [0.4, 0.5) is 0 Å². The second-order valence-electron chi connectivity index (χ2n) is 23.8. The van der Waals surface area contributed by atoms with Crippen molar-refractivity contribution in [2.75, 3.05) is 39.6 Å². The highest BCUT2D eigenvalue weighted by molar-refractivity contribution is 7.47. The van der Waals surface area contributed by atoms with Crippen molar-refractivity contribution < 1.29 is 80.2 Å². The van der Waals surface area contributed by atoms with Crippen LogP contribution in [0.3, 0.4) is 0 Å². The van der Waals surface area contributed by atoms with Crippen molar-refractivity contribution in [2.45, 2.75) is 303 Å². The summed E-state index contributed by atoms with van der Waals surface area (Å²) in [5, 5.41) is 10.6. The smallest absolute Gasteiger partial charge is 0.462 e. The monoisotopic (exact) mass is 1360 g/mol. The Labute approximate surface area is 569 Å². The molecule has 5 atom stereocenters. The van der Waals surface area contributed by atoms with Gasteiger partial charge in [0.25, 0.3) is 0 Å². The Morgan fingerprint density at radius 3 is 1.03 bits per heavy atom. The predicted molar refractivity (Wildman–Crippen MR) is 381 cm³/mol. The third-order valence-electron chi connectivity index (χ3n) is 14.7. The molecule has 0 aromatic rings. The summed E-state index contributed by atoms with van der Waals surface area (Å²) in [6, 6.07) is 0. The number of ether oxygens (including phenoxy) is 4. The summed E-state index contributed by atoms with van der Waals surface area (Å²) < 4.78 is 68.1. The van der Waals surface area contributed by atoms with Crippen LogP contribution in [0.25, 0.3) is 0 Å². The number of unbranched alkanes of at least 4 members (excludes halogenated alkanes) is 24. The van der Waals surface area contributed by atoms with E-state index >= 15 is 0 Å². The van der Waals surface area contributed by atoms with E-state index in [9.17, 15) is 43.2 Å². The van der Waals surface area contributed by atoms with E-state index < -0.39 is 97.5 Å². The lowest BCUT2D eigenvalue weighted by Gasteiger charge is -2.21. The summed E-state index contributed by atoms with van der Waals surface area (Å²) in [4.78, 5) is 72.5. The molecule has 0 aromatic carbocycles. The topological polar surface area (TPSA) is 237 Å². The zero-order chi connectivity index (χ0) is 69.0. The fraction of sp³-hybridized carbons (Fsp3) is 0.707. The van der Waals surface area contributed by atoms with Crippen LogP contribution < -0.4 is 0 Å². The molecule has 17 nitrogen and oxygen atoms in total. The highest BCUT2D eigenvalue weighted by Crippen LogP contribution is 2.45. The summed E-state index contributed by atoms with van der Waals surface area (Å²) in [7, 11) is -9.97. The fourth-order valence-corrected chi connectivity index (χ4v) is 10.8. The zero-order valence-corrected chi connectivity index (χ0v) is 60.4. The Hall–Kier alpha value is -4.28. The van der Waals surface area contributed by atoms with Crippen LogP contribution in [0, 0.1) is 0 Å². The quantitative estimate of drug-likeness (QED) is 0.0169. The molecule has 0 aliphatic carbocycles. The summed E-state index contributed by atoms with van der Waals surface area (Å²) in [6.45, 7) is 4.48. The number of rotatable bonds is 67. The van der Waals surface area contributed by atoms with E-state index in [2.05, 4.69) is 113 Å². The lowest BCUT2D eigenvalue weighted by molar-refractivity contribution is -0.161. The van der Waals surface area contributed by atoms with Gasteiger partial charge in [-0.3, -0.25) is 37.3 Å². The molecule has 540 valence electrons. The van der Waals surface area contributed by atoms with Gasteiger partial charge in [0.1, 0.15) is 19.3 Å². The van der Waals surface area contributed by atoms with Gasteiger partial charge in [-0.05, 0) is 122 Å². The molecule has 5 unspecified atom stereocenters. The molecule has 0 spiro atoms. The molecule has 19 heteroatoms. The molecular formula is C75H128O17P2. The number of hydrogen-bond acceptors (Lipinski definition) is 15. The van der Waals surface area contributed by atoms with E-state index in [1.807, 2.05) is 18.2 Å². The molecule has 0 radical (unpaired) electrons. The highest BCUT2D eigenvalue weighted by atomic mass is 31.2. The summed E-state index contributed by atoms with van der Waals surface area (Å²) >= 11 is 0. The standard InChI is InChI=1S/C75H128O17P2/c1-5-9-13-17-21-25-29-32-34-37-40-43-47-51-55-59-72(77)85-65-70(91-74(79)61-57-53-49-45-39-28-24-20-16-12-8-4)67-89-93(81,82)87-63-69(76)64-88-94(83,84)90-68-71(92-75(80)62-58-54-50-46-42-36-31-27-23-19-15-11-7-3)66-86-73(78)60-56-52-48-44-41-38-35-33-30-26-22-18-14-10-6-2/h10,14-15,19-20,22,24,26-27,31-35,41,44,52,56,69-71,76H,5-9,11-13,16-18,21,23,25,28-30,36-40,42-43,45-51,53-55,57-68H2,1-4H3,(H,81,82)(H,83,84)/b14-10-,19-15-,24-20-,26-22-,31-27-,34-32-,35-33-,44-41-,56-52-. The normalized spacial score (nSPS) is 14.7. The third-order valence-corrected chi connectivity index (χ3v) is 16.6. The Balaban J connectivity index is 5.40. The van der Waals surface area contributed by atoms with Crippen molar-refractivity contribution in [1.82, 2.24) is 0 Å². The molecule has 0 saturated heterocycles. The number of hydrogen-bond donors (Lipinski definition) is 3. The molecule has 0 aromatic heterocycles. The first kappa shape index (κ1) is 89.7. The zero-order valence-electron chi connectivity index (χ0n) is 58.6. The molecule has 0 aliphatic heterocycles. The largest absolute Gasteiger partial charge is 0.472 e. The van der Waals surface area contributed by atoms with E-state index in [1.54, 1.807) is 6.08 Å². The Morgan fingerprint density at radius 1 is 0.319 bits per heavy atom. The van der Waals surface area contributed by atoms with Gasteiger partial charge in [-0.2, -0.15) is 0 Å². The van der Waals surface area contributed by atoms with Gasteiger partial charge >= 0.3 is 39.5 Å². The van der Waals surface area contributed by atoms with Crippen molar-refractivity contribution in [1.29, 1.82) is 0 Å². The molecule has 0 heterocycles. The maximum absolute atomic E-state index is 13.0. The number of phosphoric ester groups is 2. The molecule has 3 N–H and O–H groups in total. The number of esters is 4. The third kappa shape index (κ3) is 66.3. The van der Waals surface area contributed by atoms with Crippen LogP contribution in [-0.2, 0) is 65.4 Å². The summed E-state index contributed by atoms with van der Waals surface area (Å²) in [6.07, 6.45) is 69.9. The SMILES string of the molecule is CC/C=C\C/C=C\C/C=C\C/C=C\C/C=C\CC(=O)OCC(COP(=O)(O)OCC(O)COP(=O)(O)OCC(COC(=O)CCCCCCC/C=C\CCCCCCCC)OC(=O)CCCCCCC/C=C\CCCC)OC(=O)CCCCCCC/C=C\C/C=C\CCC. The van der Waals surface area contributed by atoms with Gasteiger partial charge in [0.2, 0.25) is 0 Å². The van der Waals surface area contributed by atoms with Crippen molar-refractivity contribution in [3.8, 4) is 0 Å². The maximum atomic E-state index is 13.0. The van der Waals surface area contributed by atoms with Crippen LogP contribution in [0.15, 0.2) is 109 Å². The van der Waals surface area contributed by atoms with Gasteiger partial charge in [-0.1, -0.05) is 246 Å². The minimum Gasteiger partial charge on any atom is -0.462 e. The number of carbonyl (C=O) groups is 4. The van der Waals surface area contributed by atoms with Gasteiger partial charge < -0.3 is 33.8 Å². The first-order valence-corrected chi connectivity index (χ1v) is 39.1. The molecular weight excluding hydrogens is 1230 g/mol. The van der Waals surface area contributed by atoms with E-state index in [0.29, 0.717) is 25.7 Å². The molecule has 0 aliphatic rings. The first-order chi connectivity index (χ1) is 45.7. The minimum atomic E-state index is -4.99. The van der Waals surface area contributed by atoms with Gasteiger partial charge in [0.05, 0.1) is 32.8 Å². The van der Waals surface area contributed by atoms with Gasteiger partial charge in [0, 0.05) is 19.3 Å². The van der Waals surface area contributed by atoms with Crippen LogP contribution in [0.1, 0.15) is 285 Å². The number of allylic oxidation sites excluding steroid dienone is 17. The van der Waals surface area contributed by atoms with E-state index in [0.717, 1.165) is 154 Å². The van der Waals surface area contributed by atoms with Crippen molar-refractivity contribution in [3.05, 3.63) is 109 Å².